The first-order chi connectivity index (χ1) is 11.5. The van der Waals surface area contributed by atoms with Gasteiger partial charge in [0.2, 0.25) is 5.89 Å². The number of H-pyrrole nitrogens is 1. The molecule has 0 aromatic carbocycles. The van der Waals surface area contributed by atoms with Crippen LogP contribution in [-0.2, 0) is 12.2 Å². The molecule has 0 radical (unpaired) electrons. The molecule has 0 aliphatic rings. The molecule has 6 nitrogen and oxygen atoms in total. The Balaban J connectivity index is 1.89. The molecule has 24 heavy (non-hydrogen) atoms. The highest BCUT2D eigenvalue weighted by Crippen LogP contribution is 2.30. The molecule has 1 N–H and O–H groups in total. The van der Waals surface area contributed by atoms with Crippen LogP contribution in [-0.4, -0.2) is 20.1 Å². The molecule has 3 aromatic heterocycles. The molecule has 3 rings (SSSR count). The van der Waals surface area contributed by atoms with Gasteiger partial charge in [-0.05, 0) is 31.7 Å². The molecule has 0 spiro atoms. The Bertz CT molecular complexity index is 913. The summed E-state index contributed by atoms with van der Waals surface area (Å²) in [6.45, 7) is 8.22. The third kappa shape index (κ3) is 3.54. The molecule has 1 unspecified atom stereocenters. The molecule has 0 amide bonds. The number of thioether (sulfide) groups is 1. The molecule has 3 aromatic rings. The lowest BCUT2D eigenvalue weighted by Crippen LogP contribution is -2.11. The third-order valence-electron chi connectivity index (χ3n) is 3.99. The van der Waals surface area contributed by atoms with E-state index in [-0.39, 0.29) is 5.56 Å². The van der Waals surface area contributed by atoms with Gasteiger partial charge in [-0.2, -0.15) is 4.98 Å². The summed E-state index contributed by atoms with van der Waals surface area (Å²) in [5.41, 5.74) is 1.08. The van der Waals surface area contributed by atoms with Gasteiger partial charge in [-0.15, -0.1) is 11.3 Å². The topological polar surface area (TPSA) is 84.7 Å². The lowest BCUT2D eigenvalue weighted by atomic mass is 9.98. The van der Waals surface area contributed by atoms with Crippen molar-refractivity contribution < 1.29 is 4.52 Å². The number of hydrogen-bond acceptors (Lipinski definition) is 7. The highest BCUT2D eigenvalue weighted by Gasteiger charge is 2.17. The van der Waals surface area contributed by atoms with Crippen LogP contribution in [0.3, 0.4) is 0 Å². The number of aromatic nitrogens is 4. The molecule has 0 fully saturated rings. The lowest BCUT2D eigenvalue weighted by Gasteiger charge is -2.08. The van der Waals surface area contributed by atoms with E-state index < -0.39 is 0 Å². The Labute approximate surface area is 148 Å². The summed E-state index contributed by atoms with van der Waals surface area (Å²) < 4.78 is 5.08. The van der Waals surface area contributed by atoms with E-state index >= 15 is 0 Å². The summed E-state index contributed by atoms with van der Waals surface area (Å²) in [4.78, 5) is 26.2. The predicted octanol–water partition coefficient (Wildman–Crippen LogP) is 3.87. The Kier molecular flexibility index (Phi) is 5.05. The van der Waals surface area contributed by atoms with Crippen molar-refractivity contribution in [2.45, 2.75) is 51.4 Å². The van der Waals surface area contributed by atoms with Crippen LogP contribution in [0, 0.1) is 19.8 Å². The van der Waals surface area contributed by atoms with Gasteiger partial charge in [-0.1, -0.05) is 37.2 Å². The van der Waals surface area contributed by atoms with E-state index in [1.807, 2.05) is 0 Å². The van der Waals surface area contributed by atoms with Crippen LogP contribution in [0.4, 0.5) is 0 Å². The van der Waals surface area contributed by atoms with Crippen molar-refractivity contribution in [2.24, 2.45) is 5.92 Å². The molecule has 0 aliphatic carbocycles. The maximum Gasteiger partial charge on any atom is 0.260 e. The van der Waals surface area contributed by atoms with E-state index in [2.05, 4.69) is 40.9 Å². The fourth-order valence-corrected chi connectivity index (χ4v) is 4.30. The Hall–Kier alpha value is -1.67. The quantitative estimate of drug-likeness (QED) is 0.528. The monoisotopic (exact) mass is 364 g/mol. The van der Waals surface area contributed by atoms with Gasteiger partial charge in [-0.25, -0.2) is 4.98 Å². The SMILES string of the molecule is CCC(C)Cc1c(C)sc2nc(SCc3nc(C)no3)[nH]c(=O)c12. The first-order valence-corrected chi connectivity index (χ1v) is 9.72. The van der Waals surface area contributed by atoms with Crippen molar-refractivity contribution >= 4 is 33.3 Å². The van der Waals surface area contributed by atoms with Crippen LogP contribution in [0.2, 0.25) is 0 Å². The van der Waals surface area contributed by atoms with E-state index in [1.54, 1.807) is 18.3 Å². The van der Waals surface area contributed by atoms with E-state index in [9.17, 15) is 4.79 Å². The minimum absolute atomic E-state index is 0.0631. The van der Waals surface area contributed by atoms with Gasteiger partial charge in [0, 0.05) is 4.88 Å². The summed E-state index contributed by atoms with van der Waals surface area (Å²) in [5.74, 6) is 2.17. The summed E-state index contributed by atoms with van der Waals surface area (Å²) >= 11 is 2.98. The van der Waals surface area contributed by atoms with Crippen LogP contribution < -0.4 is 5.56 Å². The zero-order valence-electron chi connectivity index (χ0n) is 14.2. The summed E-state index contributed by atoms with van der Waals surface area (Å²) in [7, 11) is 0. The van der Waals surface area contributed by atoms with Crippen molar-refractivity contribution in [3.8, 4) is 0 Å². The second-order valence-corrected chi connectivity index (χ2v) is 8.10. The average molecular weight is 364 g/mol. The number of nitrogens with zero attached hydrogens (tertiary/aromatic N) is 3. The van der Waals surface area contributed by atoms with Crippen LogP contribution in [0.5, 0.6) is 0 Å². The Morgan fingerprint density at radius 3 is 2.79 bits per heavy atom. The molecule has 0 bridgehead atoms. The van der Waals surface area contributed by atoms with E-state index in [1.165, 1.54) is 16.6 Å². The zero-order chi connectivity index (χ0) is 17.3. The number of nitrogens with one attached hydrogen (secondary N) is 1. The molecule has 0 saturated carbocycles. The number of thiophene rings is 1. The van der Waals surface area contributed by atoms with Crippen molar-refractivity contribution in [1.82, 2.24) is 20.1 Å². The maximum atomic E-state index is 12.6. The van der Waals surface area contributed by atoms with Crippen LogP contribution in [0.25, 0.3) is 10.2 Å². The van der Waals surface area contributed by atoms with Gasteiger partial charge in [0.1, 0.15) is 4.83 Å². The predicted molar refractivity (Wildman–Crippen MR) is 96.7 cm³/mol. The van der Waals surface area contributed by atoms with E-state index in [0.717, 1.165) is 28.6 Å². The molecular weight excluding hydrogens is 344 g/mol. The van der Waals surface area contributed by atoms with Crippen molar-refractivity contribution in [3.05, 3.63) is 32.5 Å². The van der Waals surface area contributed by atoms with E-state index in [0.29, 0.717) is 28.5 Å². The van der Waals surface area contributed by atoms with Gasteiger partial charge in [0.25, 0.3) is 5.56 Å². The first-order valence-electron chi connectivity index (χ1n) is 7.92. The molecule has 0 aliphatic heterocycles. The standard InChI is InChI=1S/C16H20N4O2S2/c1-5-8(2)6-11-9(3)24-15-13(11)14(21)18-16(19-15)23-7-12-17-10(4)20-22-12/h8H,5-7H2,1-4H3,(H,18,19,21). The van der Waals surface area contributed by atoms with Crippen molar-refractivity contribution in [3.63, 3.8) is 0 Å². The van der Waals surface area contributed by atoms with Gasteiger partial charge >= 0.3 is 0 Å². The maximum absolute atomic E-state index is 12.6. The lowest BCUT2D eigenvalue weighted by molar-refractivity contribution is 0.387. The zero-order valence-corrected chi connectivity index (χ0v) is 15.8. The van der Waals surface area contributed by atoms with Crippen molar-refractivity contribution in [2.75, 3.05) is 0 Å². The number of aromatic amines is 1. The normalized spacial score (nSPS) is 12.8. The summed E-state index contributed by atoms with van der Waals surface area (Å²) in [6, 6.07) is 0. The fourth-order valence-electron chi connectivity index (χ4n) is 2.49. The minimum atomic E-state index is -0.0631. The third-order valence-corrected chi connectivity index (χ3v) is 5.89. The highest BCUT2D eigenvalue weighted by molar-refractivity contribution is 7.98. The molecular formula is C16H20N4O2S2. The van der Waals surface area contributed by atoms with Crippen LogP contribution >= 0.6 is 23.1 Å². The number of rotatable bonds is 6. The number of hydrogen-bond donors (Lipinski definition) is 1. The van der Waals surface area contributed by atoms with Gasteiger partial charge in [-0.3, -0.25) is 4.79 Å². The summed E-state index contributed by atoms with van der Waals surface area (Å²) in [5, 5.41) is 5.09. The first kappa shape index (κ1) is 17.2. The van der Waals surface area contributed by atoms with Gasteiger partial charge < -0.3 is 9.51 Å². The second-order valence-electron chi connectivity index (χ2n) is 5.93. The number of fused-ring (bicyclic) bond motifs is 1. The minimum Gasteiger partial charge on any atom is -0.338 e. The van der Waals surface area contributed by atoms with Crippen molar-refractivity contribution in [1.29, 1.82) is 0 Å². The fraction of sp³-hybridized carbons (Fsp3) is 0.500. The van der Waals surface area contributed by atoms with Gasteiger partial charge in [0.05, 0.1) is 11.1 Å². The smallest absolute Gasteiger partial charge is 0.260 e. The molecule has 1 atom stereocenters. The summed E-state index contributed by atoms with van der Waals surface area (Å²) in [6.07, 6.45) is 2.01. The Morgan fingerprint density at radius 2 is 2.12 bits per heavy atom. The second kappa shape index (κ2) is 7.06. The van der Waals surface area contributed by atoms with Crippen LogP contribution in [0.15, 0.2) is 14.5 Å². The van der Waals surface area contributed by atoms with Crippen LogP contribution in [0.1, 0.15) is 42.4 Å². The highest BCUT2D eigenvalue weighted by atomic mass is 32.2. The average Bonchev–Trinajstić information content (AvgIpc) is 3.09. The molecule has 3 heterocycles. The molecule has 0 saturated heterocycles. The Morgan fingerprint density at radius 1 is 1.33 bits per heavy atom. The molecule has 128 valence electrons. The molecule has 8 heteroatoms. The largest absolute Gasteiger partial charge is 0.338 e. The van der Waals surface area contributed by atoms with Gasteiger partial charge in [0.15, 0.2) is 11.0 Å². The number of aryl methyl sites for hydroxylation is 2. The van der Waals surface area contributed by atoms with E-state index in [4.69, 9.17) is 4.52 Å².